The van der Waals surface area contributed by atoms with Crippen molar-refractivity contribution in [3.8, 4) is 0 Å². The van der Waals surface area contributed by atoms with Gasteiger partial charge in [0.1, 0.15) is 6.67 Å². The Balaban J connectivity index is 2.42. The minimum absolute atomic E-state index is 0.0559. The summed E-state index contributed by atoms with van der Waals surface area (Å²) in [5.41, 5.74) is 0. The van der Waals surface area contributed by atoms with Crippen LogP contribution in [-0.2, 0) is 4.84 Å². The molecule has 1 rings (SSSR count). The van der Waals surface area contributed by atoms with Crippen LogP contribution in [0.25, 0.3) is 0 Å². The van der Waals surface area contributed by atoms with E-state index in [4.69, 9.17) is 0 Å². The summed E-state index contributed by atoms with van der Waals surface area (Å²) in [7, 11) is 1.32. The van der Waals surface area contributed by atoms with Gasteiger partial charge in [-0.15, -0.1) is 0 Å². The van der Waals surface area contributed by atoms with Gasteiger partial charge in [-0.3, -0.25) is 0 Å². The Morgan fingerprint density at radius 2 is 2.36 bits per heavy atom. The van der Waals surface area contributed by atoms with Crippen LogP contribution >= 0.6 is 0 Å². The third kappa shape index (κ3) is 1.75. The van der Waals surface area contributed by atoms with Crippen LogP contribution in [0.3, 0.4) is 0 Å². The zero-order valence-corrected chi connectivity index (χ0v) is 5.75. The van der Waals surface area contributed by atoms with Crippen molar-refractivity contribution in [2.75, 3.05) is 13.7 Å². The van der Waals surface area contributed by atoms with Crippen molar-refractivity contribution in [3.05, 3.63) is 0 Å². The summed E-state index contributed by atoms with van der Waals surface area (Å²) in [6.45, 7) is -2.97. The van der Waals surface area contributed by atoms with E-state index in [0.717, 1.165) is 10.2 Å². The molecule has 7 heteroatoms. The largest absolute Gasteiger partial charge is 0.362 e. The van der Waals surface area contributed by atoms with E-state index in [2.05, 4.69) is 10.2 Å². The maximum atomic E-state index is 11.6. The molecule has 1 saturated heterocycles. The fourth-order valence-electron chi connectivity index (χ4n) is 0.657. The van der Waals surface area contributed by atoms with E-state index in [9.17, 15) is 13.6 Å². The Bertz CT molecular complexity index is 165. The number of nitrogens with one attached hydrogen (secondary N) is 1. The number of carbonyl (C=O) groups excluding carboxylic acids is 1. The van der Waals surface area contributed by atoms with Crippen molar-refractivity contribution < 1.29 is 18.4 Å². The molecule has 0 spiro atoms. The average molecular weight is 167 g/mol. The lowest BCUT2D eigenvalue weighted by Crippen LogP contribution is -2.36. The Morgan fingerprint density at radius 1 is 1.73 bits per heavy atom. The molecule has 0 atom stereocenters. The van der Waals surface area contributed by atoms with Crippen molar-refractivity contribution in [1.82, 2.24) is 15.5 Å². The van der Waals surface area contributed by atoms with E-state index in [1.54, 1.807) is 0 Å². The molecule has 2 amide bonds. The molecule has 0 aromatic carbocycles. The highest BCUT2D eigenvalue weighted by atomic mass is 19.3. The zero-order chi connectivity index (χ0) is 8.43. The molecule has 0 saturated carbocycles. The van der Waals surface area contributed by atoms with E-state index in [1.807, 2.05) is 0 Å². The average Bonchev–Trinajstić information content (AvgIpc) is 2.18. The molecular formula is C4H7F2N3O2. The number of hydrogen-bond donors (Lipinski definition) is 1. The SMILES string of the molecule is CN1C(=O)NCN1OC(F)F. The number of hydrogen-bond acceptors (Lipinski definition) is 3. The molecule has 11 heavy (non-hydrogen) atoms. The van der Waals surface area contributed by atoms with E-state index in [-0.39, 0.29) is 6.67 Å². The first-order valence-electron chi connectivity index (χ1n) is 2.85. The summed E-state index contributed by atoms with van der Waals surface area (Å²) < 4.78 is 23.1. The Hall–Kier alpha value is -0.950. The highest BCUT2D eigenvalue weighted by Crippen LogP contribution is 2.06. The predicted molar refractivity (Wildman–Crippen MR) is 30.1 cm³/mol. The van der Waals surface area contributed by atoms with Crippen LogP contribution in [0.2, 0.25) is 0 Å². The quantitative estimate of drug-likeness (QED) is 0.628. The molecule has 0 radical (unpaired) electrons. The van der Waals surface area contributed by atoms with Crippen molar-refractivity contribution >= 4 is 6.03 Å². The Morgan fingerprint density at radius 3 is 2.73 bits per heavy atom. The van der Waals surface area contributed by atoms with Gasteiger partial charge in [-0.2, -0.15) is 8.78 Å². The smallest absolute Gasteiger partial charge is 0.320 e. The number of amides is 2. The third-order valence-corrected chi connectivity index (χ3v) is 1.20. The summed E-state index contributed by atoms with van der Waals surface area (Å²) in [5, 5.41) is 3.95. The molecule has 1 aliphatic heterocycles. The van der Waals surface area contributed by atoms with Gasteiger partial charge in [0, 0.05) is 7.05 Å². The molecule has 0 aromatic heterocycles. The van der Waals surface area contributed by atoms with Gasteiger partial charge in [-0.25, -0.2) is 14.6 Å². The van der Waals surface area contributed by atoms with Crippen LogP contribution in [0.4, 0.5) is 13.6 Å². The predicted octanol–water partition coefficient (Wildman–Crippen LogP) is -0.0299. The van der Waals surface area contributed by atoms with Crippen molar-refractivity contribution in [2.45, 2.75) is 6.61 Å². The van der Waals surface area contributed by atoms with Crippen LogP contribution in [-0.4, -0.2) is 36.5 Å². The topological polar surface area (TPSA) is 44.8 Å². The van der Waals surface area contributed by atoms with E-state index < -0.39 is 12.6 Å². The summed E-state index contributed by atoms with van der Waals surface area (Å²) in [4.78, 5) is 14.6. The first-order chi connectivity index (χ1) is 5.11. The number of alkyl halides is 2. The summed E-state index contributed by atoms with van der Waals surface area (Å²) in [6, 6.07) is -0.467. The molecule has 64 valence electrons. The summed E-state index contributed by atoms with van der Waals surface area (Å²) in [6.07, 6.45) is 0. The zero-order valence-electron chi connectivity index (χ0n) is 5.75. The molecule has 5 nitrogen and oxygen atoms in total. The number of hydrazine groups is 1. The summed E-state index contributed by atoms with van der Waals surface area (Å²) >= 11 is 0. The third-order valence-electron chi connectivity index (χ3n) is 1.20. The molecule has 1 aliphatic rings. The maximum Gasteiger partial charge on any atom is 0.362 e. The minimum atomic E-state index is -2.91. The van der Waals surface area contributed by atoms with E-state index in [1.165, 1.54) is 7.05 Å². The van der Waals surface area contributed by atoms with E-state index >= 15 is 0 Å². The van der Waals surface area contributed by atoms with Gasteiger partial charge < -0.3 is 5.32 Å². The monoisotopic (exact) mass is 167 g/mol. The molecule has 1 N–H and O–H groups in total. The minimum Gasteiger partial charge on any atom is -0.320 e. The second-order valence-corrected chi connectivity index (χ2v) is 1.88. The second-order valence-electron chi connectivity index (χ2n) is 1.88. The molecule has 0 bridgehead atoms. The molecule has 0 aromatic rings. The fraction of sp³-hybridized carbons (Fsp3) is 0.750. The van der Waals surface area contributed by atoms with Gasteiger partial charge in [0.15, 0.2) is 0 Å². The van der Waals surface area contributed by atoms with Crippen LogP contribution < -0.4 is 5.32 Å². The van der Waals surface area contributed by atoms with Crippen molar-refractivity contribution in [3.63, 3.8) is 0 Å². The lowest BCUT2D eigenvalue weighted by molar-refractivity contribution is -0.332. The normalized spacial score (nSPS) is 19.6. The Labute approximate surface area is 61.4 Å². The van der Waals surface area contributed by atoms with Gasteiger partial charge in [-0.05, 0) is 0 Å². The number of carbonyl (C=O) groups is 1. The fourth-order valence-corrected chi connectivity index (χ4v) is 0.657. The van der Waals surface area contributed by atoms with Gasteiger partial charge in [0.2, 0.25) is 0 Å². The van der Waals surface area contributed by atoms with Crippen LogP contribution in [0, 0.1) is 0 Å². The van der Waals surface area contributed by atoms with E-state index in [0.29, 0.717) is 0 Å². The number of nitrogens with zero attached hydrogens (tertiary/aromatic N) is 2. The lowest BCUT2D eigenvalue weighted by Gasteiger charge is -2.19. The van der Waals surface area contributed by atoms with Crippen LogP contribution in [0.15, 0.2) is 0 Å². The number of halogens is 2. The maximum absolute atomic E-state index is 11.6. The van der Waals surface area contributed by atoms with Crippen molar-refractivity contribution in [2.24, 2.45) is 0 Å². The number of rotatable bonds is 2. The van der Waals surface area contributed by atoms with Gasteiger partial charge in [0.05, 0.1) is 0 Å². The summed E-state index contributed by atoms with van der Waals surface area (Å²) in [5.74, 6) is 0. The first-order valence-corrected chi connectivity index (χ1v) is 2.85. The van der Waals surface area contributed by atoms with Gasteiger partial charge >= 0.3 is 12.6 Å². The highest BCUT2D eigenvalue weighted by molar-refractivity contribution is 5.74. The molecule has 1 fully saturated rings. The molecule has 1 heterocycles. The number of hydroxylamine groups is 1. The standard InChI is InChI=1S/C4H7F2N3O2/c1-8-4(10)7-2-9(8)11-3(5)6/h3H,2H2,1H3,(H,7,10). The second kappa shape index (κ2) is 2.97. The lowest BCUT2D eigenvalue weighted by atomic mass is 11.0. The van der Waals surface area contributed by atoms with Crippen LogP contribution in [0.1, 0.15) is 0 Å². The van der Waals surface area contributed by atoms with Gasteiger partial charge in [0.25, 0.3) is 0 Å². The van der Waals surface area contributed by atoms with Crippen molar-refractivity contribution in [1.29, 1.82) is 0 Å². The Kier molecular flexibility index (Phi) is 2.20. The highest BCUT2D eigenvalue weighted by Gasteiger charge is 2.27. The first kappa shape index (κ1) is 8.15. The number of urea groups is 1. The molecule has 0 aliphatic carbocycles. The van der Waals surface area contributed by atoms with Gasteiger partial charge in [-0.1, -0.05) is 5.17 Å². The molecule has 0 unspecified atom stereocenters. The van der Waals surface area contributed by atoms with Crippen LogP contribution in [0.5, 0.6) is 0 Å². The molecular weight excluding hydrogens is 160 g/mol.